The molecule has 0 radical (unpaired) electrons. The Labute approximate surface area is 198 Å². The fourth-order valence-electron chi connectivity index (χ4n) is 7.39. The third-order valence-corrected chi connectivity index (χ3v) is 8.78. The van der Waals surface area contributed by atoms with Gasteiger partial charge in [0.1, 0.15) is 5.75 Å². The summed E-state index contributed by atoms with van der Waals surface area (Å²) in [5.41, 5.74) is 4.27. The number of aliphatic hydroxyl groups excluding tert-OH is 1. The third kappa shape index (κ3) is 4.38. The second-order valence-corrected chi connectivity index (χ2v) is 10.4. The standard InChI is InChI=1S/C28H40O5/c1-4-31-25-14-22-24(32-16-18-8-10-19(30-3)11-9-18)13-12-21-20-7-5-6-17(2)26(20)23(15-29)28(33-25)27(21)22/h8-11,17,20,22-26,28-29H,4-7,12-16H2,1-3H3/t17-,20-,22+,23-,24-,25-,26+,28-/m1/s1. The molecule has 3 aliphatic carbocycles. The van der Waals surface area contributed by atoms with E-state index in [0.717, 1.165) is 25.0 Å². The second kappa shape index (κ2) is 10.1. The van der Waals surface area contributed by atoms with Crippen LogP contribution >= 0.6 is 0 Å². The molecule has 0 unspecified atom stereocenters. The lowest BCUT2D eigenvalue weighted by Crippen LogP contribution is -2.55. The number of ether oxygens (including phenoxy) is 4. The summed E-state index contributed by atoms with van der Waals surface area (Å²) >= 11 is 0. The van der Waals surface area contributed by atoms with Gasteiger partial charge in [0.05, 0.1) is 25.9 Å². The molecule has 2 fully saturated rings. The predicted molar refractivity (Wildman–Crippen MR) is 127 cm³/mol. The number of aliphatic hydroxyl groups is 1. The summed E-state index contributed by atoms with van der Waals surface area (Å²) < 4.78 is 24.5. The van der Waals surface area contributed by atoms with Crippen LogP contribution in [0, 0.1) is 29.6 Å². The highest BCUT2D eigenvalue weighted by molar-refractivity contribution is 5.34. The molecule has 8 atom stereocenters. The van der Waals surface area contributed by atoms with Crippen molar-refractivity contribution in [3.63, 3.8) is 0 Å². The van der Waals surface area contributed by atoms with E-state index < -0.39 is 0 Å². The van der Waals surface area contributed by atoms with Gasteiger partial charge in [-0.2, -0.15) is 0 Å². The van der Waals surface area contributed by atoms with E-state index in [0.29, 0.717) is 36.9 Å². The first kappa shape index (κ1) is 23.3. The summed E-state index contributed by atoms with van der Waals surface area (Å²) in [6.07, 6.45) is 6.75. The third-order valence-electron chi connectivity index (χ3n) is 8.78. The van der Waals surface area contributed by atoms with Gasteiger partial charge in [-0.05, 0) is 67.2 Å². The number of hydrogen-bond donors (Lipinski definition) is 1. The molecule has 0 amide bonds. The molecule has 5 nitrogen and oxygen atoms in total. The molecule has 1 saturated carbocycles. The van der Waals surface area contributed by atoms with Crippen molar-refractivity contribution in [1.29, 1.82) is 0 Å². The monoisotopic (exact) mass is 456 g/mol. The van der Waals surface area contributed by atoms with Gasteiger partial charge in [-0.3, -0.25) is 0 Å². The van der Waals surface area contributed by atoms with E-state index in [9.17, 15) is 5.11 Å². The van der Waals surface area contributed by atoms with Crippen LogP contribution in [-0.4, -0.2) is 43.9 Å². The summed E-state index contributed by atoms with van der Waals surface area (Å²) in [4.78, 5) is 0. The molecule has 1 aromatic carbocycles. The fourth-order valence-corrected chi connectivity index (χ4v) is 7.39. The minimum absolute atomic E-state index is 0.0329. The van der Waals surface area contributed by atoms with E-state index in [1.54, 1.807) is 12.7 Å². The molecule has 5 heteroatoms. The normalized spacial score (nSPS) is 37.9. The molecule has 1 saturated heterocycles. The zero-order valence-corrected chi connectivity index (χ0v) is 20.4. The van der Waals surface area contributed by atoms with Gasteiger partial charge in [0.25, 0.3) is 0 Å². The summed E-state index contributed by atoms with van der Waals surface area (Å²) in [5.74, 6) is 3.10. The molecule has 1 aliphatic heterocycles. The van der Waals surface area contributed by atoms with Crippen LogP contribution in [0.5, 0.6) is 5.75 Å². The Morgan fingerprint density at radius 2 is 1.88 bits per heavy atom. The fraction of sp³-hybridized carbons (Fsp3) is 0.714. The van der Waals surface area contributed by atoms with E-state index >= 15 is 0 Å². The highest BCUT2D eigenvalue weighted by Gasteiger charge is 2.54. The number of benzene rings is 1. The first-order valence-electron chi connectivity index (χ1n) is 13.0. The molecule has 0 aromatic heterocycles. The van der Waals surface area contributed by atoms with Gasteiger partial charge >= 0.3 is 0 Å². The largest absolute Gasteiger partial charge is 0.497 e. The lowest BCUT2D eigenvalue weighted by atomic mass is 9.54. The zero-order chi connectivity index (χ0) is 22.9. The molecule has 182 valence electrons. The van der Waals surface area contributed by atoms with E-state index in [4.69, 9.17) is 18.9 Å². The first-order valence-corrected chi connectivity index (χ1v) is 13.0. The van der Waals surface area contributed by atoms with Crippen LogP contribution in [0.3, 0.4) is 0 Å². The maximum atomic E-state index is 10.5. The minimum atomic E-state index is -0.218. The van der Waals surface area contributed by atoms with Crippen molar-refractivity contribution >= 4 is 0 Å². The number of fused-ring (bicyclic) bond motifs is 2. The van der Waals surface area contributed by atoms with Crippen molar-refractivity contribution in [3.8, 4) is 5.75 Å². The molecule has 5 rings (SSSR count). The molecule has 4 aliphatic rings. The smallest absolute Gasteiger partial charge is 0.159 e. The van der Waals surface area contributed by atoms with Gasteiger partial charge in [0.15, 0.2) is 6.29 Å². The minimum Gasteiger partial charge on any atom is -0.497 e. The van der Waals surface area contributed by atoms with Crippen LogP contribution in [-0.2, 0) is 20.8 Å². The number of hydrogen-bond acceptors (Lipinski definition) is 5. The lowest BCUT2D eigenvalue weighted by Gasteiger charge is -2.56. The summed E-state index contributed by atoms with van der Waals surface area (Å²) in [6, 6.07) is 8.15. The van der Waals surface area contributed by atoms with Crippen LogP contribution in [0.25, 0.3) is 0 Å². The molecule has 1 N–H and O–H groups in total. The predicted octanol–water partition coefficient (Wildman–Crippen LogP) is 5.11. The van der Waals surface area contributed by atoms with Crippen molar-refractivity contribution in [2.24, 2.45) is 29.6 Å². The Morgan fingerprint density at radius 3 is 2.61 bits per heavy atom. The van der Waals surface area contributed by atoms with E-state index in [-0.39, 0.29) is 31.0 Å². The highest BCUT2D eigenvalue weighted by atomic mass is 16.7. The second-order valence-electron chi connectivity index (χ2n) is 10.4. The average molecular weight is 457 g/mol. The van der Waals surface area contributed by atoms with Gasteiger partial charge in [0.2, 0.25) is 0 Å². The van der Waals surface area contributed by atoms with Gasteiger partial charge in [-0.15, -0.1) is 0 Å². The van der Waals surface area contributed by atoms with Crippen molar-refractivity contribution in [2.45, 2.75) is 77.5 Å². The molecular formula is C28H40O5. The number of rotatable bonds is 7. The number of methoxy groups -OCH3 is 1. The van der Waals surface area contributed by atoms with Crippen molar-refractivity contribution in [1.82, 2.24) is 0 Å². The van der Waals surface area contributed by atoms with Gasteiger partial charge < -0.3 is 24.1 Å². The number of allylic oxidation sites excluding steroid dienone is 1. The Bertz CT molecular complexity index is 833. The van der Waals surface area contributed by atoms with Crippen LogP contribution in [0.15, 0.2) is 35.4 Å². The van der Waals surface area contributed by atoms with Gasteiger partial charge in [-0.1, -0.05) is 37.5 Å². The Balaban J connectivity index is 1.42. The molecule has 0 bridgehead atoms. The van der Waals surface area contributed by atoms with Crippen LogP contribution in [0.2, 0.25) is 0 Å². The van der Waals surface area contributed by atoms with Crippen molar-refractivity contribution in [2.75, 3.05) is 20.3 Å². The molecule has 0 spiro atoms. The Hall–Kier alpha value is -1.40. The van der Waals surface area contributed by atoms with Gasteiger partial charge in [-0.25, -0.2) is 0 Å². The first-order chi connectivity index (χ1) is 16.1. The summed E-state index contributed by atoms with van der Waals surface area (Å²) in [7, 11) is 1.69. The Kier molecular flexibility index (Phi) is 7.12. The average Bonchev–Trinajstić information content (AvgIpc) is 2.84. The Morgan fingerprint density at radius 1 is 1.06 bits per heavy atom. The molecule has 1 aromatic rings. The maximum absolute atomic E-state index is 10.5. The zero-order valence-electron chi connectivity index (χ0n) is 20.4. The van der Waals surface area contributed by atoms with Crippen LogP contribution in [0.4, 0.5) is 0 Å². The maximum Gasteiger partial charge on any atom is 0.159 e. The van der Waals surface area contributed by atoms with E-state index in [1.807, 2.05) is 19.1 Å². The quantitative estimate of drug-likeness (QED) is 0.578. The van der Waals surface area contributed by atoms with Gasteiger partial charge in [0, 0.05) is 31.5 Å². The molecule has 1 heterocycles. The van der Waals surface area contributed by atoms with Crippen LogP contribution < -0.4 is 4.74 Å². The highest BCUT2D eigenvalue weighted by Crippen LogP contribution is 2.57. The topological polar surface area (TPSA) is 57.2 Å². The molecule has 33 heavy (non-hydrogen) atoms. The van der Waals surface area contributed by atoms with Crippen molar-refractivity contribution < 1.29 is 24.1 Å². The van der Waals surface area contributed by atoms with E-state index in [1.165, 1.54) is 30.4 Å². The summed E-state index contributed by atoms with van der Waals surface area (Å²) in [5, 5.41) is 10.5. The molecular weight excluding hydrogens is 416 g/mol. The van der Waals surface area contributed by atoms with Crippen LogP contribution in [0.1, 0.15) is 57.9 Å². The lowest BCUT2D eigenvalue weighted by molar-refractivity contribution is -0.222. The SMILES string of the molecule is CCO[C@H]1C[C@@H]2C3=C(CC[C@H]2OCc2ccc(OC)cc2)[C@H]2CCC[C@@H](C)[C@@H]2[C@@H](CO)[C@H]3O1. The van der Waals surface area contributed by atoms with E-state index in [2.05, 4.69) is 19.1 Å². The summed E-state index contributed by atoms with van der Waals surface area (Å²) in [6.45, 7) is 5.85. The van der Waals surface area contributed by atoms with Crippen molar-refractivity contribution in [3.05, 3.63) is 41.0 Å².